The normalized spacial score (nSPS) is 26.1. The van der Waals surface area contributed by atoms with Crippen LogP contribution in [0.3, 0.4) is 0 Å². The molecule has 1 fully saturated rings. The summed E-state index contributed by atoms with van der Waals surface area (Å²) in [5.74, 6) is 0.637. The van der Waals surface area contributed by atoms with E-state index in [4.69, 9.17) is 0 Å². The van der Waals surface area contributed by atoms with Crippen LogP contribution in [0.5, 0.6) is 0 Å². The van der Waals surface area contributed by atoms with Crippen molar-refractivity contribution in [1.29, 1.82) is 0 Å². The third-order valence-corrected chi connectivity index (χ3v) is 4.05. The molecule has 0 amide bonds. The third-order valence-electron chi connectivity index (χ3n) is 4.05. The number of piperidine rings is 1. The van der Waals surface area contributed by atoms with Gasteiger partial charge in [0.2, 0.25) is 0 Å². The van der Waals surface area contributed by atoms with Crippen LogP contribution < -0.4 is 0 Å². The van der Waals surface area contributed by atoms with Gasteiger partial charge >= 0.3 is 0 Å². The van der Waals surface area contributed by atoms with Crippen molar-refractivity contribution >= 4 is 6.29 Å². The second-order valence-electron chi connectivity index (χ2n) is 5.41. The van der Waals surface area contributed by atoms with Crippen molar-refractivity contribution in [3.8, 4) is 0 Å². The summed E-state index contributed by atoms with van der Waals surface area (Å²) in [4.78, 5) is 13.4. The van der Waals surface area contributed by atoms with Gasteiger partial charge in [-0.15, -0.1) is 0 Å². The van der Waals surface area contributed by atoms with Crippen molar-refractivity contribution in [3.05, 3.63) is 23.0 Å². The summed E-state index contributed by atoms with van der Waals surface area (Å²) in [5.41, 5.74) is 3.18. The molecule has 3 heteroatoms. The first-order valence-corrected chi connectivity index (χ1v) is 6.36. The van der Waals surface area contributed by atoms with E-state index in [1.165, 1.54) is 12.1 Å². The first-order valence-electron chi connectivity index (χ1n) is 6.36. The molecule has 2 heterocycles. The monoisotopic (exact) mass is 234 g/mol. The Morgan fingerprint density at radius 1 is 1.41 bits per heavy atom. The van der Waals surface area contributed by atoms with Crippen molar-refractivity contribution in [2.75, 3.05) is 20.1 Å². The highest BCUT2D eigenvalue weighted by molar-refractivity contribution is 5.77. The summed E-state index contributed by atoms with van der Waals surface area (Å²) in [6.45, 7) is 8.74. The lowest BCUT2D eigenvalue weighted by Gasteiger charge is -2.37. The van der Waals surface area contributed by atoms with Gasteiger partial charge in [-0.25, -0.2) is 0 Å². The Balaban J connectivity index is 2.33. The lowest BCUT2D eigenvalue weighted by atomic mass is 9.93. The zero-order chi connectivity index (χ0) is 12.6. The lowest BCUT2D eigenvalue weighted by Crippen LogP contribution is -2.38. The van der Waals surface area contributed by atoms with Gasteiger partial charge in [-0.05, 0) is 45.8 Å². The number of aldehydes is 1. The Bertz CT molecular complexity index is 422. The molecule has 2 unspecified atom stereocenters. The fourth-order valence-corrected chi connectivity index (χ4v) is 3.16. The second kappa shape index (κ2) is 4.65. The van der Waals surface area contributed by atoms with Crippen LogP contribution in [0.1, 0.15) is 41.1 Å². The van der Waals surface area contributed by atoms with E-state index >= 15 is 0 Å². The molecule has 0 saturated carbocycles. The molecule has 1 saturated heterocycles. The molecule has 3 nitrogen and oxygen atoms in total. The summed E-state index contributed by atoms with van der Waals surface area (Å²) >= 11 is 0. The number of rotatable bonds is 2. The molecule has 0 aliphatic carbocycles. The molecule has 0 aromatic carbocycles. The van der Waals surface area contributed by atoms with Crippen LogP contribution in [0.15, 0.2) is 6.07 Å². The molecule has 2 atom stereocenters. The minimum atomic E-state index is 0.542. The maximum absolute atomic E-state index is 11.0. The molecule has 94 valence electrons. The molecule has 0 spiro atoms. The van der Waals surface area contributed by atoms with Crippen LogP contribution in [-0.2, 0) is 0 Å². The van der Waals surface area contributed by atoms with Crippen molar-refractivity contribution in [3.63, 3.8) is 0 Å². The average molecular weight is 234 g/mol. The Hall–Kier alpha value is -1.09. The highest BCUT2D eigenvalue weighted by atomic mass is 16.1. The van der Waals surface area contributed by atoms with Gasteiger partial charge in [0.25, 0.3) is 0 Å². The standard InChI is InChI=1S/C14H22N2O/c1-10-8-15(4)6-5-14(10)16-11(2)7-13(9-17)12(16)3/h7,9-10,14H,5-6,8H2,1-4H3. The predicted molar refractivity (Wildman–Crippen MR) is 69.6 cm³/mol. The van der Waals surface area contributed by atoms with Gasteiger partial charge in [0.1, 0.15) is 0 Å². The maximum Gasteiger partial charge on any atom is 0.151 e. The first-order chi connectivity index (χ1) is 8.04. The zero-order valence-corrected chi connectivity index (χ0v) is 11.2. The lowest BCUT2D eigenvalue weighted by molar-refractivity contribution is 0.112. The van der Waals surface area contributed by atoms with E-state index < -0.39 is 0 Å². The van der Waals surface area contributed by atoms with E-state index in [1.54, 1.807) is 0 Å². The van der Waals surface area contributed by atoms with E-state index in [9.17, 15) is 4.79 Å². The Morgan fingerprint density at radius 3 is 2.65 bits per heavy atom. The summed E-state index contributed by atoms with van der Waals surface area (Å²) in [7, 11) is 2.18. The van der Waals surface area contributed by atoms with E-state index in [0.29, 0.717) is 12.0 Å². The van der Waals surface area contributed by atoms with Crippen LogP contribution in [0, 0.1) is 19.8 Å². The predicted octanol–water partition coefficient (Wildman–Crippen LogP) is 2.43. The molecule has 1 aromatic rings. The zero-order valence-electron chi connectivity index (χ0n) is 11.2. The highest BCUT2D eigenvalue weighted by Crippen LogP contribution is 2.31. The molecule has 0 N–H and O–H groups in total. The van der Waals surface area contributed by atoms with Gasteiger partial charge in [0.05, 0.1) is 0 Å². The van der Waals surface area contributed by atoms with E-state index in [0.717, 1.165) is 30.6 Å². The number of nitrogens with zero attached hydrogens (tertiary/aromatic N) is 2. The van der Waals surface area contributed by atoms with Crippen LogP contribution in [-0.4, -0.2) is 35.9 Å². The summed E-state index contributed by atoms with van der Waals surface area (Å²) in [5, 5.41) is 0. The number of carbonyl (C=O) groups is 1. The van der Waals surface area contributed by atoms with Crippen molar-refractivity contribution < 1.29 is 4.79 Å². The fraction of sp³-hybridized carbons (Fsp3) is 0.643. The number of likely N-dealkylation sites (tertiary alicyclic amines) is 1. The van der Waals surface area contributed by atoms with Gasteiger partial charge in [0, 0.05) is 29.5 Å². The quantitative estimate of drug-likeness (QED) is 0.734. The number of hydrogen-bond acceptors (Lipinski definition) is 2. The van der Waals surface area contributed by atoms with Gasteiger partial charge in [-0.1, -0.05) is 6.92 Å². The summed E-state index contributed by atoms with van der Waals surface area (Å²) in [6.07, 6.45) is 2.14. The van der Waals surface area contributed by atoms with E-state index in [2.05, 4.69) is 37.3 Å². The minimum Gasteiger partial charge on any atom is -0.345 e. The molecule has 0 bridgehead atoms. The number of carbonyl (C=O) groups excluding carboxylic acids is 1. The number of hydrogen-bond donors (Lipinski definition) is 0. The third kappa shape index (κ3) is 2.16. The maximum atomic E-state index is 11.0. The molecule has 0 radical (unpaired) electrons. The van der Waals surface area contributed by atoms with Crippen LogP contribution in [0.25, 0.3) is 0 Å². The molecule has 2 rings (SSSR count). The second-order valence-corrected chi connectivity index (χ2v) is 5.41. The van der Waals surface area contributed by atoms with Crippen LogP contribution in [0.2, 0.25) is 0 Å². The molecule has 1 aromatic heterocycles. The van der Waals surface area contributed by atoms with Gasteiger partial charge < -0.3 is 9.47 Å². The minimum absolute atomic E-state index is 0.542. The largest absolute Gasteiger partial charge is 0.345 e. The summed E-state index contributed by atoms with van der Waals surface area (Å²) in [6, 6.07) is 2.55. The molecule has 1 aliphatic heterocycles. The Kier molecular flexibility index (Phi) is 3.38. The van der Waals surface area contributed by atoms with Gasteiger partial charge in [-0.2, -0.15) is 0 Å². The Labute approximate surface area is 103 Å². The van der Waals surface area contributed by atoms with Gasteiger partial charge in [0.15, 0.2) is 6.29 Å². The van der Waals surface area contributed by atoms with Crippen molar-refractivity contribution in [2.24, 2.45) is 5.92 Å². The van der Waals surface area contributed by atoms with E-state index in [1.807, 2.05) is 6.07 Å². The summed E-state index contributed by atoms with van der Waals surface area (Å²) < 4.78 is 2.36. The smallest absolute Gasteiger partial charge is 0.151 e. The topological polar surface area (TPSA) is 25.2 Å². The molecule has 1 aliphatic rings. The SMILES string of the molecule is Cc1cc(C=O)c(C)n1C1CCN(C)CC1C. The average Bonchev–Trinajstić information content (AvgIpc) is 2.55. The molecular weight excluding hydrogens is 212 g/mol. The molecular formula is C14H22N2O. The van der Waals surface area contributed by atoms with E-state index in [-0.39, 0.29) is 0 Å². The number of aryl methyl sites for hydroxylation is 1. The van der Waals surface area contributed by atoms with Crippen LogP contribution in [0.4, 0.5) is 0 Å². The highest BCUT2D eigenvalue weighted by Gasteiger charge is 2.27. The van der Waals surface area contributed by atoms with Gasteiger partial charge in [-0.3, -0.25) is 4.79 Å². The first kappa shape index (κ1) is 12.4. The van der Waals surface area contributed by atoms with Crippen molar-refractivity contribution in [1.82, 2.24) is 9.47 Å². The van der Waals surface area contributed by atoms with Crippen LogP contribution >= 0.6 is 0 Å². The van der Waals surface area contributed by atoms with Crippen molar-refractivity contribution in [2.45, 2.75) is 33.2 Å². The number of aromatic nitrogens is 1. The molecule has 17 heavy (non-hydrogen) atoms. The Morgan fingerprint density at radius 2 is 2.12 bits per heavy atom. The fourth-order valence-electron chi connectivity index (χ4n) is 3.16.